The van der Waals surface area contributed by atoms with Crippen molar-refractivity contribution in [1.29, 1.82) is 0 Å². The minimum absolute atomic E-state index is 0.00815. The third-order valence-corrected chi connectivity index (χ3v) is 2.67. The minimum atomic E-state index is -1.53. The van der Waals surface area contributed by atoms with E-state index in [1.165, 1.54) is 0 Å². The summed E-state index contributed by atoms with van der Waals surface area (Å²) in [6.07, 6.45) is 0.850. The molecule has 2 N–H and O–H groups in total. The summed E-state index contributed by atoms with van der Waals surface area (Å²) in [4.78, 5) is 21.9. The van der Waals surface area contributed by atoms with Gasteiger partial charge in [-0.25, -0.2) is 4.79 Å². The van der Waals surface area contributed by atoms with Crippen molar-refractivity contribution >= 4 is 17.5 Å². The number of aliphatic carboxylic acids is 1. The summed E-state index contributed by atoms with van der Waals surface area (Å²) < 4.78 is 0. The Hall–Kier alpha value is -2.10. The van der Waals surface area contributed by atoms with Crippen LogP contribution in [0.4, 0.5) is 0 Å². The summed E-state index contributed by atoms with van der Waals surface area (Å²) in [7, 11) is 0. The molecule has 4 nitrogen and oxygen atoms in total. The molecule has 82 valence electrons. The standard InChI is InChI=1S/C12H10O4/c13-10-8-4-2-1-3-7(8)5-6-9(10)11(14)12(15)16/h1-4,13H,5-6H2,(H,15,16). The van der Waals surface area contributed by atoms with Gasteiger partial charge in [-0.2, -0.15) is 0 Å². The van der Waals surface area contributed by atoms with Crippen LogP contribution >= 0.6 is 0 Å². The molecule has 0 aliphatic heterocycles. The van der Waals surface area contributed by atoms with Gasteiger partial charge in [0, 0.05) is 11.1 Å². The van der Waals surface area contributed by atoms with Crippen molar-refractivity contribution in [1.82, 2.24) is 0 Å². The number of fused-ring (bicyclic) bond motifs is 1. The van der Waals surface area contributed by atoms with E-state index in [0.29, 0.717) is 12.0 Å². The molecule has 2 rings (SSSR count). The fraction of sp³-hybridized carbons (Fsp3) is 0.167. The van der Waals surface area contributed by atoms with Crippen LogP contribution in [0.25, 0.3) is 5.76 Å². The lowest BCUT2D eigenvalue weighted by molar-refractivity contribution is -0.147. The molecule has 0 heterocycles. The molecule has 0 aromatic heterocycles. The van der Waals surface area contributed by atoms with Crippen LogP contribution in [0, 0.1) is 0 Å². The summed E-state index contributed by atoms with van der Waals surface area (Å²) in [5, 5.41) is 18.4. The van der Waals surface area contributed by atoms with Gasteiger partial charge >= 0.3 is 5.97 Å². The highest BCUT2D eigenvalue weighted by molar-refractivity contribution is 6.41. The van der Waals surface area contributed by atoms with Gasteiger partial charge in [-0.3, -0.25) is 4.79 Å². The van der Waals surface area contributed by atoms with E-state index in [1.54, 1.807) is 12.1 Å². The zero-order chi connectivity index (χ0) is 11.7. The fourth-order valence-corrected chi connectivity index (χ4v) is 1.86. The Morgan fingerprint density at radius 2 is 1.81 bits per heavy atom. The first kappa shape index (κ1) is 10.4. The summed E-state index contributed by atoms with van der Waals surface area (Å²) >= 11 is 0. The molecule has 0 unspecified atom stereocenters. The molecule has 0 spiro atoms. The molecular formula is C12H10O4. The number of aliphatic hydroxyl groups excluding tert-OH is 1. The molecule has 1 aliphatic carbocycles. The highest BCUT2D eigenvalue weighted by Gasteiger charge is 2.26. The van der Waals surface area contributed by atoms with Gasteiger partial charge in [0.15, 0.2) is 0 Å². The highest BCUT2D eigenvalue weighted by atomic mass is 16.4. The first-order valence-electron chi connectivity index (χ1n) is 4.89. The van der Waals surface area contributed by atoms with Crippen LogP contribution < -0.4 is 0 Å². The van der Waals surface area contributed by atoms with E-state index in [4.69, 9.17) is 5.11 Å². The molecular weight excluding hydrogens is 208 g/mol. The summed E-state index contributed by atoms with van der Waals surface area (Å²) in [6.45, 7) is 0. The molecule has 16 heavy (non-hydrogen) atoms. The van der Waals surface area contributed by atoms with Crippen LogP contribution in [0.15, 0.2) is 29.8 Å². The third-order valence-electron chi connectivity index (χ3n) is 2.67. The van der Waals surface area contributed by atoms with Crippen LogP contribution in [-0.4, -0.2) is 22.0 Å². The van der Waals surface area contributed by atoms with Crippen molar-refractivity contribution < 1.29 is 19.8 Å². The topological polar surface area (TPSA) is 74.6 Å². The second-order valence-electron chi connectivity index (χ2n) is 3.62. The van der Waals surface area contributed by atoms with Gasteiger partial charge in [0.1, 0.15) is 5.76 Å². The lowest BCUT2D eigenvalue weighted by atomic mass is 9.89. The van der Waals surface area contributed by atoms with E-state index < -0.39 is 11.8 Å². The number of carbonyl (C=O) groups excluding carboxylic acids is 1. The van der Waals surface area contributed by atoms with E-state index in [-0.39, 0.29) is 17.8 Å². The van der Waals surface area contributed by atoms with Crippen LogP contribution in [0.3, 0.4) is 0 Å². The van der Waals surface area contributed by atoms with Gasteiger partial charge in [-0.15, -0.1) is 0 Å². The first-order valence-corrected chi connectivity index (χ1v) is 4.89. The Balaban J connectivity index is 2.51. The number of carboxylic acid groups (broad SMARTS) is 1. The lowest BCUT2D eigenvalue weighted by Gasteiger charge is -2.17. The molecule has 0 saturated carbocycles. The Morgan fingerprint density at radius 1 is 1.12 bits per heavy atom. The maximum atomic E-state index is 11.3. The molecule has 1 aromatic carbocycles. The monoisotopic (exact) mass is 218 g/mol. The van der Waals surface area contributed by atoms with Crippen molar-refractivity contribution in [3.05, 3.63) is 41.0 Å². The maximum Gasteiger partial charge on any atom is 0.377 e. The van der Waals surface area contributed by atoms with Gasteiger partial charge in [0.05, 0.1) is 0 Å². The van der Waals surface area contributed by atoms with Gasteiger partial charge in [-0.05, 0) is 18.4 Å². The van der Waals surface area contributed by atoms with Gasteiger partial charge in [-0.1, -0.05) is 24.3 Å². The lowest BCUT2D eigenvalue weighted by Crippen LogP contribution is -2.19. The number of Topliss-reactive ketones (excluding diaryl/α,β-unsaturated/α-hetero) is 1. The predicted molar refractivity (Wildman–Crippen MR) is 57.0 cm³/mol. The van der Waals surface area contributed by atoms with Crippen molar-refractivity contribution in [3.8, 4) is 0 Å². The Bertz CT molecular complexity index is 499. The second kappa shape index (κ2) is 3.81. The first-order chi connectivity index (χ1) is 7.61. The zero-order valence-electron chi connectivity index (χ0n) is 8.43. The van der Waals surface area contributed by atoms with Crippen LogP contribution in [-0.2, 0) is 16.0 Å². The number of carbonyl (C=O) groups is 2. The number of ketones is 1. The predicted octanol–water partition coefficient (Wildman–Crippen LogP) is 1.56. The fourth-order valence-electron chi connectivity index (χ4n) is 1.86. The van der Waals surface area contributed by atoms with Gasteiger partial charge in [0.2, 0.25) is 0 Å². The third kappa shape index (κ3) is 1.58. The Kier molecular flexibility index (Phi) is 2.48. The summed E-state index contributed by atoms with van der Waals surface area (Å²) in [5.41, 5.74) is 1.48. The number of rotatable bonds is 2. The molecule has 0 saturated heterocycles. The summed E-state index contributed by atoms with van der Waals surface area (Å²) in [6, 6.07) is 7.12. The van der Waals surface area contributed by atoms with E-state index in [1.807, 2.05) is 12.1 Å². The molecule has 0 fully saturated rings. The van der Waals surface area contributed by atoms with E-state index >= 15 is 0 Å². The van der Waals surface area contributed by atoms with Crippen LogP contribution in [0.1, 0.15) is 17.5 Å². The van der Waals surface area contributed by atoms with Crippen LogP contribution in [0.5, 0.6) is 0 Å². The number of benzene rings is 1. The average Bonchev–Trinajstić information content (AvgIpc) is 2.29. The molecule has 0 radical (unpaired) electrons. The molecule has 1 aromatic rings. The van der Waals surface area contributed by atoms with Crippen molar-refractivity contribution in [2.24, 2.45) is 0 Å². The Morgan fingerprint density at radius 3 is 2.50 bits per heavy atom. The van der Waals surface area contributed by atoms with E-state index in [9.17, 15) is 14.7 Å². The van der Waals surface area contributed by atoms with Crippen molar-refractivity contribution in [2.45, 2.75) is 12.8 Å². The van der Waals surface area contributed by atoms with Crippen LogP contribution in [0.2, 0.25) is 0 Å². The van der Waals surface area contributed by atoms with E-state index in [0.717, 1.165) is 5.56 Å². The summed E-state index contributed by atoms with van der Waals surface area (Å²) in [5.74, 6) is -2.75. The van der Waals surface area contributed by atoms with Crippen molar-refractivity contribution in [2.75, 3.05) is 0 Å². The maximum absolute atomic E-state index is 11.3. The average molecular weight is 218 g/mol. The van der Waals surface area contributed by atoms with Gasteiger partial charge < -0.3 is 10.2 Å². The highest BCUT2D eigenvalue weighted by Crippen LogP contribution is 2.29. The molecule has 4 heteroatoms. The smallest absolute Gasteiger partial charge is 0.377 e. The zero-order valence-corrected chi connectivity index (χ0v) is 8.43. The molecule has 0 amide bonds. The van der Waals surface area contributed by atoms with Gasteiger partial charge in [0.25, 0.3) is 5.78 Å². The number of aryl methyl sites for hydroxylation is 1. The number of hydrogen-bond acceptors (Lipinski definition) is 3. The number of hydrogen-bond donors (Lipinski definition) is 2. The largest absolute Gasteiger partial charge is 0.507 e. The molecule has 0 bridgehead atoms. The SMILES string of the molecule is O=C(O)C(=O)C1=C(O)c2ccccc2CC1. The second-order valence-corrected chi connectivity index (χ2v) is 3.62. The minimum Gasteiger partial charge on any atom is -0.507 e. The number of aliphatic hydroxyl groups is 1. The molecule has 0 atom stereocenters. The molecule has 1 aliphatic rings. The Labute approximate surface area is 91.8 Å². The normalized spacial score (nSPS) is 14.5. The van der Waals surface area contributed by atoms with E-state index in [2.05, 4.69) is 0 Å². The van der Waals surface area contributed by atoms with Crippen molar-refractivity contribution in [3.63, 3.8) is 0 Å². The number of carboxylic acids is 1. The quantitative estimate of drug-likeness (QED) is 0.738.